The predicted octanol–water partition coefficient (Wildman–Crippen LogP) is 0.523. The molecule has 1 fully saturated rings. The number of amidine groups is 1. The summed E-state index contributed by atoms with van der Waals surface area (Å²) in [5.74, 6) is -0.607. The van der Waals surface area contributed by atoms with Gasteiger partial charge in [0.2, 0.25) is 0 Å². The van der Waals surface area contributed by atoms with Gasteiger partial charge in [-0.1, -0.05) is 5.41 Å². The van der Waals surface area contributed by atoms with Gasteiger partial charge in [0.25, 0.3) is 0 Å². The molecule has 0 radical (unpaired) electrons. The Bertz CT molecular complexity index is 246. The number of nitro groups is 1. The van der Waals surface area contributed by atoms with Gasteiger partial charge in [-0.2, -0.15) is 0 Å². The SMILES string of the molecule is N=C(/C=C\NC1CCOCC1)[N+](=O)[O-]. The third kappa shape index (κ3) is 3.53. The Labute approximate surface area is 81.6 Å². The molecule has 2 N–H and O–H groups in total. The molecule has 1 rings (SSSR count). The fraction of sp³-hybridized carbons (Fsp3) is 0.625. The molecule has 0 spiro atoms. The molecule has 1 aliphatic rings. The molecule has 14 heavy (non-hydrogen) atoms. The van der Waals surface area contributed by atoms with Gasteiger partial charge in [-0.05, 0) is 17.8 Å². The lowest BCUT2D eigenvalue weighted by Gasteiger charge is -2.21. The molecule has 1 saturated heterocycles. The molecular formula is C8H13N3O3. The second-order valence-electron chi connectivity index (χ2n) is 3.03. The van der Waals surface area contributed by atoms with Crippen molar-refractivity contribution in [1.82, 2.24) is 5.32 Å². The minimum Gasteiger partial charge on any atom is -0.388 e. The predicted molar refractivity (Wildman–Crippen MR) is 50.8 cm³/mol. The van der Waals surface area contributed by atoms with Crippen LogP contribution in [0.1, 0.15) is 12.8 Å². The molecule has 78 valence electrons. The zero-order valence-corrected chi connectivity index (χ0v) is 7.73. The topological polar surface area (TPSA) is 88.2 Å². The highest BCUT2D eigenvalue weighted by Gasteiger charge is 2.11. The highest BCUT2D eigenvalue weighted by atomic mass is 16.6. The maximum absolute atomic E-state index is 10.1. The Balaban J connectivity index is 2.24. The van der Waals surface area contributed by atoms with Crippen LogP contribution in [0.4, 0.5) is 0 Å². The molecule has 0 bridgehead atoms. The first-order valence-electron chi connectivity index (χ1n) is 4.43. The van der Waals surface area contributed by atoms with Crippen molar-refractivity contribution < 1.29 is 9.66 Å². The second kappa shape index (κ2) is 5.33. The molecule has 6 heteroatoms. The fourth-order valence-electron chi connectivity index (χ4n) is 1.19. The first kappa shape index (κ1) is 10.6. The summed E-state index contributed by atoms with van der Waals surface area (Å²) in [5, 5.41) is 20.0. The van der Waals surface area contributed by atoms with Crippen LogP contribution >= 0.6 is 0 Å². The lowest BCUT2D eigenvalue weighted by molar-refractivity contribution is -0.349. The van der Waals surface area contributed by atoms with E-state index in [4.69, 9.17) is 10.1 Å². The minimum absolute atomic E-state index is 0.305. The summed E-state index contributed by atoms with van der Waals surface area (Å²) in [6.45, 7) is 1.44. The van der Waals surface area contributed by atoms with Crippen LogP contribution in [0.2, 0.25) is 0 Å². The van der Waals surface area contributed by atoms with Crippen LogP contribution in [0.5, 0.6) is 0 Å². The largest absolute Gasteiger partial charge is 0.388 e. The number of hydrogen-bond donors (Lipinski definition) is 2. The number of nitrogens with zero attached hydrogens (tertiary/aromatic N) is 1. The van der Waals surface area contributed by atoms with E-state index in [0.717, 1.165) is 32.1 Å². The van der Waals surface area contributed by atoms with E-state index in [1.54, 1.807) is 0 Å². The molecule has 0 aliphatic carbocycles. The maximum atomic E-state index is 10.1. The third-order valence-corrected chi connectivity index (χ3v) is 1.99. The standard InChI is InChI=1S/C8H13N3O3/c9-8(11(12)13)1-4-10-7-2-5-14-6-3-7/h1,4,7,9-10H,2-3,5-6H2/b4-1-,9-8?. The minimum atomic E-state index is -0.734. The lowest BCUT2D eigenvalue weighted by atomic mass is 10.1. The smallest absolute Gasteiger partial charge is 0.357 e. The second-order valence-corrected chi connectivity index (χ2v) is 3.03. The number of nitrogens with one attached hydrogen (secondary N) is 2. The summed E-state index contributed by atoms with van der Waals surface area (Å²) in [4.78, 5) is 9.33. The quantitative estimate of drug-likeness (QED) is 0.300. The van der Waals surface area contributed by atoms with Crippen LogP contribution in [0, 0.1) is 15.5 Å². The monoisotopic (exact) mass is 199 g/mol. The summed E-state index contributed by atoms with van der Waals surface area (Å²) in [5.41, 5.74) is 0. The molecule has 1 aliphatic heterocycles. The molecule has 0 aromatic rings. The van der Waals surface area contributed by atoms with Crippen LogP contribution in [-0.4, -0.2) is 30.0 Å². The lowest BCUT2D eigenvalue weighted by Crippen LogP contribution is -2.31. The highest BCUT2D eigenvalue weighted by Crippen LogP contribution is 2.05. The van der Waals surface area contributed by atoms with E-state index >= 15 is 0 Å². The van der Waals surface area contributed by atoms with Crippen molar-refractivity contribution >= 4 is 5.84 Å². The molecule has 6 nitrogen and oxygen atoms in total. The summed E-state index contributed by atoms with van der Waals surface area (Å²) in [7, 11) is 0. The number of hydrogen-bond acceptors (Lipinski definition) is 5. The van der Waals surface area contributed by atoms with E-state index in [2.05, 4.69) is 5.32 Å². The summed E-state index contributed by atoms with van der Waals surface area (Å²) >= 11 is 0. The molecule has 0 atom stereocenters. The molecule has 0 amide bonds. The Morgan fingerprint density at radius 2 is 2.21 bits per heavy atom. The van der Waals surface area contributed by atoms with Crippen LogP contribution in [-0.2, 0) is 4.74 Å². The van der Waals surface area contributed by atoms with Gasteiger partial charge in [-0.3, -0.25) is 0 Å². The molecule has 1 heterocycles. The maximum Gasteiger partial charge on any atom is 0.357 e. The van der Waals surface area contributed by atoms with Crippen LogP contribution in [0.25, 0.3) is 0 Å². The van der Waals surface area contributed by atoms with Crippen LogP contribution in [0.15, 0.2) is 12.3 Å². The van der Waals surface area contributed by atoms with E-state index in [9.17, 15) is 10.1 Å². The van der Waals surface area contributed by atoms with Crippen molar-refractivity contribution in [2.45, 2.75) is 18.9 Å². The summed E-state index contributed by atoms with van der Waals surface area (Å²) in [6.07, 6.45) is 4.41. The molecule has 0 aromatic carbocycles. The van der Waals surface area contributed by atoms with Gasteiger partial charge in [-0.15, -0.1) is 0 Å². The first-order chi connectivity index (χ1) is 6.70. The van der Waals surface area contributed by atoms with Gasteiger partial charge in [0, 0.05) is 25.5 Å². The molecule has 0 saturated carbocycles. The van der Waals surface area contributed by atoms with E-state index in [0.29, 0.717) is 6.04 Å². The number of rotatable bonds is 3. The zero-order chi connectivity index (χ0) is 10.4. The van der Waals surface area contributed by atoms with Gasteiger partial charge in [0.15, 0.2) is 0 Å². The van der Waals surface area contributed by atoms with Crippen molar-refractivity contribution in [1.29, 1.82) is 5.41 Å². The van der Waals surface area contributed by atoms with E-state index in [1.165, 1.54) is 6.20 Å². The Morgan fingerprint density at radius 1 is 1.57 bits per heavy atom. The summed E-state index contributed by atoms with van der Waals surface area (Å²) in [6, 6.07) is 0.305. The third-order valence-electron chi connectivity index (χ3n) is 1.99. The zero-order valence-electron chi connectivity index (χ0n) is 7.73. The highest BCUT2D eigenvalue weighted by molar-refractivity contribution is 5.82. The van der Waals surface area contributed by atoms with Gasteiger partial charge in [0.05, 0.1) is 6.08 Å². The first-order valence-corrected chi connectivity index (χ1v) is 4.43. The number of ether oxygens (including phenoxy) is 1. The average Bonchev–Trinajstić information content (AvgIpc) is 2.19. The molecular weight excluding hydrogens is 186 g/mol. The average molecular weight is 199 g/mol. The Kier molecular flexibility index (Phi) is 4.06. The molecule has 0 aromatic heterocycles. The van der Waals surface area contributed by atoms with Crippen LogP contribution in [0.3, 0.4) is 0 Å². The van der Waals surface area contributed by atoms with Gasteiger partial charge < -0.3 is 20.2 Å². The van der Waals surface area contributed by atoms with Gasteiger partial charge in [0.1, 0.15) is 0 Å². The normalized spacial score (nSPS) is 18.3. The van der Waals surface area contributed by atoms with Gasteiger partial charge in [-0.25, -0.2) is 0 Å². The van der Waals surface area contributed by atoms with Gasteiger partial charge >= 0.3 is 5.84 Å². The summed E-state index contributed by atoms with van der Waals surface area (Å²) < 4.78 is 5.15. The van der Waals surface area contributed by atoms with Crippen LogP contribution < -0.4 is 5.32 Å². The van der Waals surface area contributed by atoms with E-state index in [1.807, 2.05) is 0 Å². The molecule has 0 unspecified atom stereocenters. The van der Waals surface area contributed by atoms with Crippen molar-refractivity contribution in [2.75, 3.05) is 13.2 Å². The fourth-order valence-corrected chi connectivity index (χ4v) is 1.19. The Morgan fingerprint density at radius 3 is 2.79 bits per heavy atom. The van der Waals surface area contributed by atoms with Crippen molar-refractivity contribution in [3.8, 4) is 0 Å². The Hall–Kier alpha value is -1.43. The van der Waals surface area contributed by atoms with E-state index in [-0.39, 0.29) is 0 Å². The van der Waals surface area contributed by atoms with E-state index < -0.39 is 10.8 Å². The van der Waals surface area contributed by atoms with Crippen molar-refractivity contribution in [2.24, 2.45) is 0 Å². The van der Waals surface area contributed by atoms with Crippen molar-refractivity contribution in [3.05, 3.63) is 22.4 Å². The van der Waals surface area contributed by atoms with Crippen molar-refractivity contribution in [3.63, 3.8) is 0 Å².